The van der Waals surface area contributed by atoms with Crippen LogP contribution in [0.3, 0.4) is 0 Å². The maximum Gasteiger partial charge on any atom is 0.320 e. The summed E-state index contributed by atoms with van der Waals surface area (Å²) in [6.07, 6.45) is 2.01. The molecule has 0 saturated carbocycles. The van der Waals surface area contributed by atoms with E-state index in [-0.39, 0.29) is 6.03 Å². The Morgan fingerprint density at radius 2 is 1.73 bits per heavy atom. The van der Waals surface area contributed by atoms with Gasteiger partial charge in [0.15, 0.2) is 5.13 Å². The molecule has 1 aliphatic heterocycles. The summed E-state index contributed by atoms with van der Waals surface area (Å²) in [4.78, 5) is 23.8. The molecule has 140 valence electrons. The number of rotatable bonds is 6. The third kappa shape index (κ3) is 4.36. The van der Waals surface area contributed by atoms with Crippen LogP contribution in [0.25, 0.3) is 11.3 Å². The minimum Gasteiger partial charge on any atom is -0.345 e. The van der Waals surface area contributed by atoms with Crippen LogP contribution < -0.4 is 4.90 Å². The van der Waals surface area contributed by atoms with Gasteiger partial charge in [0.1, 0.15) is 0 Å². The summed E-state index contributed by atoms with van der Waals surface area (Å²) in [5.74, 6) is 0. The first-order valence-corrected chi connectivity index (χ1v) is 10.4. The van der Waals surface area contributed by atoms with Crippen LogP contribution in [-0.2, 0) is 0 Å². The molecule has 3 rings (SSSR count). The molecule has 0 N–H and O–H groups in total. The fourth-order valence-corrected chi connectivity index (χ4v) is 4.17. The van der Waals surface area contributed by atoms with Crippen molar-refractivity contribution in [1.29, 1.82) is 0 Å². The molecule has 6 heteroatoms. The highest BCUT2D eigenvalue weighted by atomic mass is 32.1. The zero-order valence-electron chi connectivity index (χ0n) is 15.7. The SMILES string of the molecule is CCCN(CCC)C(=O)N1CCN(c2nc(-c3ccccc3)cs2)CC1. The van der Waals surface area contributed by atoms with E-state index in [1.807, 2.05) is 28.0 Å². The van der Waals surface area contributed by atoms with Crippen molar-refractivity contribution in [2.45, 2.75) is 26.7 Å². The van der Waals surface area contributed by atoms with Crippen molar-refractivity contribution < 1.29 is 4.79 Å². The number of amides is 2. The van der Waals surface area contributed by atoms with Gasteiger partial charge in [0.2, 0.25) is 0 Å². The van der Waals surface area contributed by atoms with Crippen LogP contribution >= 0.6 is 11.3 Å². The Bertz CT molecular complexity index is 689. The molecule has 2 aromatic rings. The molecule has 26 heavy (non-hydrogen) atoms. The van der Waals surface area contributed by atoms with Gasteiger partial charge in [-0.2, -0.15) is 0 Å². The average Bonchev–Trinajstić information content (AvgIpc) is 3.18. The molecule has 1 aromatic carbocycles. The van der Waals surface area contributed by atoms with Crippen molar-refractivity contribution in [3.63, 3.8) is 0 Å². The number of hydrogen-bond acceptors (Lipinski definition) is 4. The predicted octanol–water partition coefficient (Wildman–Crippen LogP) is 4.17. The maximum atomic E-state index is 12.7. The van der Waals surface area contributed by atoms with Crippen molar-refractivity contribution in [3.05, 3.63) is 35.7 Å². The van der Waals surface area contributed by atoms with Crippen molar-refractivity contribution >= 4 is 22.5 Å². The Hall–Kier alpha value is -2.08. The lowest BCUT2D eigenvalue weighted by Crippen LogP contribution is -2.53. The molecule has 1 aliphatic rings. The Labute approximate surface area is 160 Å². The number of benzene rings is 1. The van der Waals surface area contributed by atoms with E-state index in [9.17, 15) is 4.79 Å². The first-order chi connectivity index (χ1) is 12.7. The first-order valence-electron chi connectivity index (χ1n) is 9.52. The fourth-order valence-electron chi connectivity index (χ4n) is 3.28. The Morgan fingerprint density at radius 3 is 2.35 bits per heavy atom. The quantitative estimate of drug-likeness (QED) is 0.764. The molecule has 0 spiro atoms. The van der Waals surface area contributed by atoms with Crippen LogP contribution in [-0.4, -0.2) is 60.1 Å². The van der Waals surface area contributed by atoms with Crippen LogP contribution in [0, 0.1) is 0 Å². The van der Waals surface area contributed by atoms with Gasteiger partial charge in [-0.25, -0.2) is 9.78 Å². The predicted molar refractivity (Wildman–Crippen MR) is 109 cm³/mol. The number of anilines is 1. The molecule has 0 unspecified atom stereocenters. The number of nitrogens with zero attached hydrogens (tertiary/aromatic N) is 4. The molecule has 0 atom stereocenters. The van der Waals surface area contributed by atoms with Gasteiger partial charge >= 0.3 is 6.03 Å². The minimum absolute atomic E-state index is 0.192. The molecule has 2 heterocycles. The van der Waals surface area contributed by atoms with Crippen LogP contribution in [0.1, 0.15) is 26.7 Å². The second-order valence-electron chi connectivity index (χ2n) is 6.63. The average molecular weight is 373 g/mol. The maximum absolute atomic E-state index is 12.7. The van der Waals surface area contributed by atoms with E-state index >= 15 is 0 Å². The zero-order valence-corrected chi connectivity index (χ0v) is 16.5. The summed E-state index contributed by atoms with van der Waals surface area (Å²) in [7, 11) is 0. The number of aromatic nitrogens is 1. The normalized spacial score (nSPS) is 14.5. The molecular formula is C20H28N4OS. The molecular weight excluding hydrogens is 344 g/mol. The van der Waals surface area contributed by atoms with E-state index in [4.69, 9.17) is 4.98 Å². The molecule has 1 fully saturated rings. The summed E-state index contributed by atoms with van der Waals surface area (Å²) < 4.78 is 0. The number of piperazine rings is 1. The van der Waals surface area contributed by atoms with Crippen LogP contribution in [0.4, 0.5) is 9.93 Å². The second-order valence-corrected chi connectivity index (χ2v) is 7.46. The number of thiazole rings is 1. The van der Waals surface area contributed by atoms with E-state index in [0.29, 0.717) is 0 Å². The highest BCUT2D eigenvalue weighted by Gasteiger charge is 2.25. The van der Waals surface area contributed by atoms with Gasteiger partial charge in [0.25, 0.3) is 0 Å². The Morgan fingerprint density at radius 1 is 1.08 bits per heavy atom. The monoisotopic (exact) mass is 372 g/mol. The number of urea groups is 1. The third-order valence-electron chi connectivity index (χ3n) is 4.64. The molecule has 1 aromatic heterocycles. The van der Waals surface area contributed by atoms with Crippen molar-refractivity contribution in [1.82, 2.24) is 14.8 Å². The fraction of sp³-hybridized carbons (Fsp3) is 0.500. The molecule has 2 amide bonds. The van der Waals surface area contributed by atoms with E-state index in [1.54, 1.807) is 11.3 Å². The first kappa shape index (κ1) is 18.7. The van der Waals surface area contributed by atoms with Crippen LogP contribution in [0.2, 0.25) is 0 Å². The van der Waals surface area contributed by atoms with E-state index in [1.165, 1.54) is 0 Å². The summed E-state index contributed by atoms with van der Waals surface area (Å²) in [6.45, 7) is 9.17. The summed E-state index contributed by atoms with van der Waals surface area (Å²) in [5.41, 5.74) is 2.18. The zero-order chi connectivity index (χ0) is 18.4. The number of carbonyl (C=O) groups is 1. The number of carbonyl (C=O) groups excluding carboxylic acids is 1. The topological polar surface area (TPSA) is 39.7 Å². The highest BCUT2D eigenvalue weighted by molar-refractivity contribution is 7.14. The lowest BCUT2D eigenvalue weighted by atomic mass is 10.2. The summed E-state index contributed by atoms with van der Waals surface area (Å²) in [5, 5.41) is 3.17. The highest BCUT2D eigenvalue weighted by Crippen LogP contribution is 2.28. The van der Waals surface area contributed by atoms with Crippen molar-refractivity contribution in [3.8, 4) is 11.3 Å². The van der Waals surface area contributed by atoms with Gasteiger partial charge in [-0.3, -0.25) is 0 Å². The van der Waals surface area contributed by atoms with Gasteiger partial charge in [0, 0.05) is 50.2 Å². The van der Waals surface area contributed by atoms with E-state index < -0.39 is 0 Å². The molecule has 1 saturated heterocycles. The Kier molecular flexibility index (Phi) is 6.50. The summed E-state index contributed by atoms with van der Waals surface area (Å²) >= 11 is 1.68. The van der Waals surface area contributed by atoms with Gasteiger partial charge < -0.3 is 14.7 Å². The number of hydrogen-bond donors (Lipinski definition) is 0. The van der Waals surface area contributed by atoms with Gasteiger partial charge in [-0.1, -0.05) is 44.2 Å². The van der Waals surface area contributed by atoms with Crippen LogP contribution in [0.5, 0.6) is 0 Å². The van der Waals surface area contributed by atoms with Crippen LogP contribution in [0.15, 0.2) is 35.7 Å². The largest absolute Gasteiger partial charge is 0.345 e. The molecule has 0 aliphatic carbocycles. The summed E-state index contributed by atoms with van der Waals surface area (Å²) in [6, 6.07) is 10.5. The smallest absolute Gasteiger partial charge is 0.320 e. The Balaban J connectivity index is 1.58. The third-order valence-corrected chi connectivity index (χ3v) is 5.54. The lowest BCUT2D eigenvalue weighted by molar-refractivity contribution is 0.150. The molecule has 0 bridgehead atoms. The van der Waals surface area contributed by atoms with Crippen molar-refractivity contribution in [2.75, 3.05) is 44.2 Å². The molecule has 5 nitrogen and oxygen atoms in total. The van der Waals surface area contributed by atoms with E-state index in [2.05, 4.69) is 36.3 Å². The van der Waals surface area contributed by atoms with Crippen molar-refractivity contribution in [2.24, 2.45) is 0 Å². The van der Waals surface area contributed by atoms with Gasteiger partial charge in [-0.05, 0) is 12.8 Å². The molecule has 0 radical (unpaired) electrons. The second kappa shape index (κ2) is 9.03. The van der Waals surface area contributed by atoms with Gasteiger partial charge in [-0.15, -0.1) is 11.3 Å². The lowest BCUT2D eigenvalue weighted by Gasteiger charge is -2.37. The van der Waals surface area contributed by atoms with E-state index in [0.717, 1.165) is 68.5 Å². The standard InChI is InChI=1S/C20H28N4OS/c1-3-10-23(11-4-2)20(25)24-14-12-22(13-15-24)19-21-18(16-26-19)17-8-6-5-7-9-17/h5-9,16H,3-4,10-15H2,1-2H3. The van der Waals surface area contributed by atoms with Gasteiger partial charge in [0.05, 0.1) is 5.69 Å². The minimum atomic E-state index is 0.192.